The van der Waals surface area contributed by atoms with Crippen LogP contribution in [0.15, 0.2) is 0 Å². The van der Waals surface area contributed by atoms with Crippen LogP contribution in [0.25, 0.3) is 0 Å². The molecule has 0 bridgehead atoms. The van der Waals surface area contributed by atoms with Gasteiger partial charge in [-0.25, -0.2) is 0 Å². The van der Waals surface area contributed by atoms with Gasteiger partial charge in [-0.3, -0.25) is 4.57 Å². The fourth-order valence-corrected chi connectivity index (χ4v) is 0. The maximum absolute atomic E-state index is 9.69. The van der Waals surface area contributed by atoms with E-state index in [2.05, 4.69) is 0 Å². The van der Waals surface area contributed by atoms with Crippen LogP contribution in [0.2, 0.25) is 0 Å². The van der Waals surface area contributed by atoms with Crippen molar-refractivity contribution < 1.29 is 14.4 Å². The SMILES string of the molecule is CCP(=O)(O)O.[LiH]. The standard InChI is InChI=1S/C2H7O3P.Li.H/c1-2-6(3,4)5;;/h2H2,1H3,(H2,3,4,5);;. The van der Waals surface area contributed by atoms with Crippen LogP contribution in [0.1, 0.15) is 6.92 Å². The van der Waals surface area contributed by atoms with Crippen molar-refractivity contribution in [2.45, 2.75) is 6.92 Å². The van der Waals surface area contributed by atoms with Crippen molar-refractivity contribution in [3.05, 3.63) is 0 Å². The van der Waals surface area contributed by atoms with Gasteiger partial charge < -0.3 is 9.79 Å². The van der Waals surface area contributed by atoms with Crippen molar-refractivity contribution in [1.82, 2.24) is 0 Å². The third-order valence-electron chi connectivity index (χ3n) is 0.412. The first-order chi connectivity index (χ1) is 2.56. The predicted octanol–water partition coefficient (Wildman–Crippen LogP) is -0.465. The van der Waals surface area contributed by atoms with E-state index in [1.165, 1.54) is 6.92 Å². The number of hydrogen-bond acceptors (Lipinski definition) is 1. The molecule has 40 valence electrons. The van der Waals surface area contributed by atoms with Crippen LogP contribution in [-0.4, -0.2) is 34.8 Å². The summed E-state index contributed by atoms with van der Waals surface area (Å²) >= 11 is 0. The molecular weight excluding hydrogens is 110 g/mol. The Morgan fingerprint density at radius 3 is 1.71 bits per heavy atom. The fourth-order valence-electron chi connectivity index (χ4n) is 0. The molecule has 0 atom stereocenters. The van der Waals surface area contributed by atoms with E-state index in [0.29, 0.717) is 0 Å². The average Bonchev–Trinajstić information content (AvgIpc) is 1.35. The van der Waals surface area contributed by atoms with Gasteiger partial charge >= 0.3 is 26.5 Å². The summed E-state index contributed by atoms with van der Waals surface area (Å²) in [6.07, 6.45) is -0.0625. The molecule has 0 heterocycles. The van der Waals surface area contributed by atoms with Crippen LogP contribution < -0.4 is 0 Å². The first kappa shape index (κ1) is 10.7. The van der Waals surface area contributed by atoms with Crippen molar-refractivity contribution in [1.29, 1.82) is 0 Å². The second kappa shape index (κ2) is 3.71. The van der Waals surface area contributed by atoms with Crippen LogP contribution in [0.4, 0.5) is 0 Å². The third kappa shape index (κ3) is 10.8. The Hall–Kier alpha value is 0.747. The molecule has 0 aromatic rings. The molecule has 0 aromatic carbocycles. The van der Waals surface area contributed by atoms with E-state index in [1.54, 1.807) is 0 Å². The zero-order valence-electron chi connectivity index (χ0n) is 3.46. The zero-order valence-corrected chi connectivity index (χ0v) is 4.35. The van der Waals surface area contributed by atoms with Crippen molar-refractivity contribution in [2.75, 3.05) is 6.16 Å². The third-order valence-corrected chi connectivity index (χ3v) is 1.24. The molecule has 7 heavy (non-hydrogen) atoms. The van der Waals surface area contributed by atoms with Crippen LogP contribution in [0.5, 0.6) is 0 Å². The van der Waals surface area contributed by atoms with Gasteiger partial charge in [0.1, 0.15) is 0 Å². The van der Waals surface area contributed by atoms with Crippen LogP contribution in [-0.2, 0) is 4.57 Å². The molecule has 2 N–H and O–H groups in total. The van der Waals surface area contributed by atoms with Crippen molar-refractivity contribution >= 4 is 26.5 Å². The summed E-state index contributed by atoms with van der Waals surface area (Å²) in [6, 6.07) is 0. The van der Waals surface area contributed by atoms with E-state index >= 15 is 0 Å². The minimum absolute atomic E-state index is 0. The summed E-state index contributed by atoms with van der Waals surface area (Å²) in [5.41, 5.74) is 0. The molecular formula is C2H8LiO3P. The first-order valence-corrected chi connectivity index (χ1v) is 3.40. The summed E-state index contributed by atoms with van der Waals surface area (Å²) < 4.78 is 9.69. The number of hydrogen-bond donors (Lipinski definition) is 2. The Bertz CT molecular complexity index is 77.0. The topological polar surface area (TPSA) is 57.5 Å². The molecule has 0 fully saturated rings. The van der Waals surface area contributed by atoms with E-state index < -0.39 is 7.60 Å². The summed E-state index contributed by atoms with van der Waals surface area (Å²) in [6.45, 7) is 1.45. The van der Waals surface area contributed by atoms with Gasteiger partial charge in [0.15, 0.2) is 0 Å². The van der Waals surface area contributed by atoms with E-state index in [1.807, 2.05) is 0 Å². The van der Waals surface area contributed by atoms with Crippen LogP contribution in [0.3, 0.4) is 0 Å². The molecule has 0 aliphatic carbocycles. The molecule has 0 spiro atoms. The van der Waals surface area contributed by atoms with Crippen LogP contribution in [0, 0.1) is 0 Å². The summed E-state index contributed by atoms with van der Waals surface area (Å²) in [5.74, 6) is 0. The second-order valence-corrected chi connectivity index (χ2v) is 2.94. The summed E-state index contributed by atoms with van der Waals surface area (Å²) in [7, 11) is -3.65. The van der Waals surface area contributed by atoms with Crippen molar-refractivity contribution in [3.8, 4) is 0 Å². The molecule has 0 aromatic heterocycles. The van der Waals surface area contributed by atoms with E-state index in [4.69, 9.17) is 9.79 Å². The molecule has 0 saturated heterocycles. The Labute approximate surface area is 54.5 Å². The molecule has 0 rings (SSSR count). The molecule has 5 heteroatoms. The van der Waals surface area contributed by atoms with E-state index in [9.17, 15) is 4.57 Å². The zero-order chi connectivity index (χ0) is 5.21. The normalized spacial score (nSPS) is 10.1. The Balaban J connectivity index is 0. The molecule has 0 unspecified atom stereocenters. The van der Waals surface area contributed by atoms with Gasteiger partial charge in [0.2, 0.25) is 0 Å². The van der Waals surface area contributed by atoms with Gasteiger partial charge in [0, 0.05) is 6.16 Å². The maximum atomic E-state index is 9.69. The molecule has 0 amide bonds. The molecule has 0 aliphatic heterocycles. The van der Waals surface area contributed by atoms with Gasteiger partial charge in [-0.15, -0.1) is 0 Å². The average molecular weight is 118 g/mol. The Morgan fingerprint density at radius 2 is 1.71 bits per heavy atom. The van der Waals surface area contributed by atoms with Gasteiger partial charge in [-0.2, -0.15) is 0 Å². The second-order valence-electron chi connectivity index (χ2n) is 0.981. The minimum atomic E-state index is -3.65. The predicted molar refractivity (Wildman–Crippen MR) is 29.7 cm³/mol. The fraction of sp³-hybridized carbons (Fsp3) is 1.00. The van der Waals surface area contributed by atoms with E-state index in [0.717, 1.165) is 0 Å². The molecule has 0 aliphatic rings. The summed E-state index contributed by atoms with van der Waals surface area (Å²) in [5, 5.41) is 0. The van der Waals surface area contributed by atoms with Gasteiger partial charge in [-0.1, -0.05) is 6.92 Å². The quantitative estimate of drug-likeness (QED) is 0.361. The molecule has 3 nitrogen and oxygen atoms in total. The van der Waals surface area contributed by atoms with Gasteiger partial charge in [0.25, 0.3) is 0 Å². The van der Waals surface area contributed by atoms with Crippen molar-refractivity contribution in [2.24, 2.45) is 0 Å². The first-order valence-electron chi connectivity index (χ1n) is 1.61. The van der Waals surface area contributed by atoms with Gasteiger partial charge in [0.05, 0.1) is 0 Å². The van der Waals surface area contributed by atoms with Crippen molar-refractivity contribution in [3.63, 3.8) is 0 Å². The summed E-state index contributed by atoms with van der Waals surface area (Å²) in [4.78, 5) is 15.9. The Morgan fingerprint density at radius 1 is 1.57 bits per heavy atom. The van der Waals surface area contributed by atoms with Crippen LogP contribution >= 0.6 is 7.60 Å². The van der Waals surface area contributed by atoms with E-state index in [-0.39, 0.29) is 25.0 Å². The molecule has 0 radical (unpaired) electrons. The monoisotopic (exact) mass is 118 g/mol. The van der Waals surface area contributed by atoms with Gasteiger partial charge in [-0.05, 0) is 0 Å². The number of rotatable bonds is 1. The Kier molecular flexibility index (Phi) is 5.66. The molecule has 0 saturated carbocycles.